The highest BCUT2D eigenvalue weighted by Crippen LogP contribution is 2.29. The van der Waals surface area contributed by atoms with Crippen LogP contribution in [-0.2, 0) is 6.42 Å². The summed E-state index contributed by atoms with van der Waals surface area (Å²) < 4.78 is 1.06. The molecule has 17 heavy (non-hydrogen) atoms. The lowest BCUT2D eigenvalue weighted by Crippen LogP contribution is -1.84. The van der Waals surface area contributed by atoms with E-state index in [1.54, 1.807) is 11.3 Å². The maximum absolute atomic E-state index is 8.58. The molecule has 1 heterocycles. The number of hydrogen-bond donors (Lipinski definition) is 0. The number of thiazole rings is 1. The number of hydrogen-bond acceptors (Lipinski definition) is 3. The Bertz CT molecular complexity index is 569. The van der Waals surface area contributed by atoms with Gasteiger partial charge in [0.15, 0.2) is 0 Å². The van der Waals surface area contributed by atoms with E-state index in [0.29, 0.717) is 6.42 Å². The number of halogens is 1. The van der Waals surface area contributed by atoms with Crippen LogP contribution in [-0.4, -0.2) is 4.98 Å². The summed E-state index contributed by atoms with van der Waals surface area (Å²) in [5.41, 5.74) is 2.15. The fraction of sp³-hybridized carbons (Fsp3) is 0.231. The average Bonchev–Trinajstić information content (AvgIpc) is 2.68. The summed E-state index contributed by atoms with van der Waals surface area (Å²) >= 11 is 5.14. The molecule has 86 valence electrons. The number of benzene rings is 1. The van der Waals surface area contributed by atoms with E-state index >= 15 is 0 Å². The van der Waals surface area contributed by atoms with Crippen molar-refractivity contribution >= 4 is 27.3 Å². The summed E-state index contributed by atoms with van der Waals surface area (Å²) in [6.45, 7) is 2.07. The summed E-state index contributed by atoms with van der Waals surface area (Å²) in [7, 11) is 0. The Morgan fingerprint density at radius 2 is 2.29 bits per heavy atom. The van der Waals surface area contributed by atoms with Gasteiger partial charge in [-0.1, -0.05) is 28.1 Å². The molecule has 4 heteroatoms. The predicted molar refractivity (Wildman–Crippen MR) is 73.9 cm³/mol. The second-order valence-corrected chi connectivity index (χ2v) is 5.88. The Balaban J connectivity index is 2.33. The van der Waals surface area contributed by atoms with E-state index in [0.717, 1.165) is 27.2 Å². The van der Waals surface area contributed by atoms with Crippen molar-refractivity contribution in [3.63, 3.8) is 0 Å². The molecule has 0 fully saturated rings. The molecule has 0 atom stereocenters. The summed E-state index contributed by atoms with van der Waals surface area (Å²) in [5, 5.41) is 9.62. The molecule has 0 saturated heterocycles. The molecule has 0 spiro atoms. The molecule has 2 aromatic rings. The smallest absolute Gasteiger partial charge is 0.0945 e. The fourth-order valence-electron chi connectivity index (χ4n) is 1.62. The maximum Gasteiger partial charge on any atom is 0.0945 e. The average molecular weight is 307 g/mol. The lowest BCUT2D eigenvalue weighted by molar-refractivity contribution is 0.990. The van der Waals surface area contributed by atoms with Crippen LogP contribution in [0.5, 0.6) is 0 Å². The quantitative estimate of drug-likeness (QED) is 0.846. The van der Waals surface area contributed by atoms with Crippen molar-refractivity contribution in [2.45, 2.75) is 19.8 Å². The molecule has 1 aromatic heterocycles. The Morgan fingerprint density at radius 1 is 1.47 bits per heavy atom. The van der Waals surface area contributed by atoms with Crippen molar-refractivity contribution in [3.8, 4) is 17.3 Å². The molecule has 0 aliphatic rings. The summed E-state index contributed by atoms with van der Waals surface area (Å²) in [6, 6.07) is 10.3. The Hall–Kier alpha value is -1.18. The standard InChI is InChI=1S/C13H11BrN2S/c1-9-13(10-4-2-5-11(14)8-10)16-12(17-9)6-3-7-15/h2,4-5,8H,3,6H2,1H3. The molecule has 0 saturated carbocycles. The van der Waals surface area contributed by atoms with Gasteiger partial charge in [-0.2, -0.15) is 5.26 Å². The normalized spacial score (nSPS) is 10.2. The molecule has 0 unspecified atom stereocenters. The SMILES string of the molecule is Cc1sc(CCC#N)nc1-c1cccc(Br)c1. The van der Waals surface area contributed by atoms with Crippen LogP contribution >= 0.6 is 27.3 Å². The van der Waals surface area contributed by atoms with E-state index in [9.17, 15) is 0 Å². The van der Waals surface area contributed by atoms with Crippen molar-refractivity contribution < 1.29 is 0 Å². The van der Waals surface area contributed by atoms with Crippen LogP contribution in [0.25, 0.3) is 11.3 Å². The van der Waals surface area contributed by atoms with Crippen LogP contribution in [0.4, 0.5) is 0 Å². The second kappa shape index (κ2) is 5.44. The first-order valence-electron chi connectivity index (χ1n) is 5.30. The predicted octanol–water partition coefficient (Wildman–Crippen LogP) is 4.34. The molecule has 0 N–H and O–H groups in total. The van der Waals surface area contributed by atoms with Gasteiger partial charge >= 0.3 is 0 Å². The highest BCUT2D eigenvalue weighted by molar-refractivity contribution is 9.10. The molecular formula is C13H11BrN2S. The molecule has 0 radical (unpaired) electrons. The zero-order valence-electron chi connectivity index (χ0n) is 9.40. The summed E-state index contributed by atoms with van der Waals surface area (Å²) in [5.74, 6) is 0. The van der Waals surface area contributed by atoms with Gasteiger partial charge in [0.25, 0.3) is 0 Å². The van der Waals surface area contributed by atoms with Gasteiger partial charge in [-0.3, -0.25) is 0 Å². The molecule has 2 nitrogen and oxygen atoms in total. The van der Waals surface area contributed by atoms with Crippen LogP contribution in [0.3, 0.4) is 0 Å². The highest BCUT2D eigenvalue weighted by Gasteiger charge is 2.09. The summed E-state index contributed by atoms with van der Waals surface area (Å²) in [6.07, 6.45) is 1.28. The zero-order valence-corrected chi connectivity index (χ0v) is 11.8. The monoisotopic (exact) mass is 306 g/mol. The third-order valence-corrected chi connectivity index (χ3v) is 3.91. The van der Waals surface area contributed by atoms with Crippen molar-refractivity contribution in [2.24, 2.45) is 0 Å². The van der Waals surface area contributed by atoms with E-state index in [2.05, 4.69) is 46.0 Å². The van der Waals surface area contributed by atoms with E-state index in [4.69, 9.17) is 5.26 Å². The first kappa shape index (κ1) is 12.3. The van der Waals surface area contributed by atoms with Crippen LogP contribution < -0.4 is 0 Å². The second-order valence-electron chi connectivity index (χ2n) is 3.68. The van der Waals surface area contributed by atoms with Crippen molar-refractivity contribution in [1.82, 2.24) is 4.98 Å². The van der Waals surface area contributed by atoms with Gasteiger partial charge in [0, 0.05) is 27.8 Å². The fourth-order valence-corrected chi connectivity index (χ4v) is 2.98. The third-order valence-electron chi connectivity index (χ3n) is 2.39. The number of nitrogens with zero attached hydrogens (tertiary/aromatic N) is 2. The maximum atomic E-state index is 8.58. The lowest BCUT2D eigenvalue weighted by Gasteiger charge is -1.98. The third kappa shape index (κ3) is 2.93. The Morgan fingerprint density at radius 3 is 3.00 bits per heavy atom. The van der Waals surface area contributed by atoms with Gasteiger partial charge in [-0.05, 0) is 19.1 Å². The molecule has 0 aliphatic heterocycles. The lowest BCUT2D eigenvalue weighted by atomic mass is 10.1. The van der Waals surface area contributed by atoms with Crippen LogP contribution in [0.1, 0.15) is 16.3 Å². The summed E-state index contributed by atoms with van der Waals surface area (Å²) in [4.78, 5) is 5.81. The van der Waals surface area contributed by atoms with Crippen molar-refractivity contribution in [1.29, 1.82) is 5.26 Å². The molecule has 0 bridgehead atoms. The Labute approximate surface area is 113 Å². The van der Waals surface area contributed by atoms with Gasteiger partial charge in [0.2, 0.25) is 0 Å². The van der Waals surface area contributed by atoms with E-state index < -0.39 is 0 Å². The molecule has 0 aliphatic carbocycles. The molecule has 1 aromatic carbocycles. The minimum atomic E-state index is 0.533. The van der Waals surface area contributed by atoms with Gasteiger partial charge in [-0.25, -0.2) is 4.98 Å². The first-order chi connectivity index (χ1) is 8.20. The first-order valence-corrected chi connectivity index (χ1v) is 6.91. The molecule has 2 rings (SSSR count). The number of rotatable bonds is 3. The van der Waals surface area contributed by atoms with Crippen LogP contribution in [0.15, 0.2) is 28.7 Å². The number of aromatic nitrogens is 1. The van der Waals surface area contributed by atoms with E-state index in [1.807, 2.05) is 12.1 Å². The van der Waals surface area contributed by atoms with Gasteiger partial charge < -0.3 is 0 Å². The highest BCUT2D eigenvalue weighted by atomic mass is 79.9. The number of aryl methyl sites for hydroxylation is 2. The van der Waals surface area contributed by atoms with Crippen molar-refractivity contribution in [3.05, 3.63) is 38.6 Å². The topological polar surface area (TPSA) is 36.7 Å². The van der Waals surface area contributed by atoms with Gasteiger partial charge in [-0.15, -0.1) is 11.3 Å². The Kier molecular flexibility index (Phi) is 3.93. The van der Waals surface area contributed by atoms with Crippen LogP contribution in [0.2, 0.25) is 0 Å². The molecular weight excluding hydrogens is 296 g/mol. The minimum Gasteiger partial charge on any atom is -0.241 e. The number of nitriles is 1. The molecule has 0 amide bonds. The van der Waals surface area contributed by atoms with Crippen LogP contribution in [0, 0.1) is 18.3 Å². The zero-order chi connectivity index (χ0) is 12.3. The minimum absolute atomic E-state index is 0.533. The van der Waals surface area contributed by atoms with Gasteiger partial charge in [0.05, 0.1) is 16.8 Å². The largest absolute Gasteiger partial charge is 0.241 e. The van der Waals surface area contributed by atoms with E-state index in [1.165, 1.54) is 4.88 Å². The van der Waals surface area contributed by atoms with Crippen molar-refractivity contribution in [2.75, 3.05) is 0 Å². The van der Waals surface area contributed by atoms with Gasteiger partial charge in [0.1, 0.15) is 0 Å². The van der Waals surface area contributed by atoms with E-state index in [-0.39, 0.29) is 0 Å².